The third kappa shape index (κ3) is 2.61. The van der Waals surface area contributed by atoms with E-state index in [4.69, 9.17) is 16.5 Å². The van der Waals surface area contributed by atoms with Gasteiger partial charge in [-0.2, -0.15) is 0 Å². The second-order valence-corrected chi connectivity index (χ2v) is 7.08. The highest BCUT2D eigenvalue weighted by Crippen LogP contribution is 2.40. The number of fused-ring (bicyclic) bond motifs is 3. The molecule has 0 atom stereocenters. The molecule has 0 amide bonds. The molecule has 2 aromatic heterocycles. The number of nitrogens with zero attached hydrogens (tertiary/aromatic N) is 2. The van der Waals surface area contributed by atoms with Gasteiger partial charge in [-0.25, -0.2) is 9.41 Å². The first-order valence-electron chi connectivity index (χ1n) is 10.8. The van der Waals surface area contributed by atoms with E-state index in [1.807, 2.05) is 32.0 Å². The van der Waals surface area contributed by atoms with Gasteiger partial charge in [0.1, 0.15) is 19.6 Å². The normalized spacial score (nSPS) is 13.9. The Hall–Kier alpha value is -3.12. The maximum atomic E-state index is 8.91. The summed E-state index contributed by atoms with van der Waals surface area (Å²) in [7, 11) is 1.66. The Morgan fingerprint density at radius 2 is 1.85 bits per heavy atom. The summed E-state index contributed by atoms with van der Waals surface area (Å²) in [6, 6.07) is 7.53. The number of furan rings is 1. The molecule has 3 nitrogen and oxygen atoms in total. The van der Waals surface area contributed by atoms with Gasteiger partial charge in [0.15, 0.2) is 11.9 Å². The van der Waals surface area contributed by atoms with Crippen molar-refractivity contribution in [3.63, 3.8) is 0 Å². The predicted molar refractivity (Wildman–Crippen MR) is 110 cm³/mol. The third-order valence-corrected chi connectivity index (χ3v) is 5.02. The molecule has 0 spiro atoms. The summed E-state index contributed by atoms with van der Waals surface area (Å²) in [5.41, 5.74) is 4.70. The zero-order valence-corrected chi connectivity index (χ0v) is 16.1. The molecule has 0 aliphatic heterocycles. The van der Waals surface area contributed by atoms with Crippen LogP contribution in [0.5, 0.6) is 0 Å². The van der Waals surface area contributed by atoms with Crippen molar-refractivity contribution < 1.29 is 14.5 Å². The number of pyridine rings is 1. The lowest BCUT2D eigenvalue weighted by atomic mass is 9.97. The van der Waals surface area contributed by atoms with Crippen molar-refractivity contribution in [1.82, 2.24) is 0 Å². The molecule has 0 aliphatic carbocycles. The summed E-state index contributed by atoms with van der Waals surface area (Å²) in [6.45, 7) is 14.4. The van der Waals surface area contributed by atoms with Gasteiger partial charge < -0.3 is 4.42 Å². The van der Waals surface area contributed by atoms with Crippen LogP contribution in [0.25, 0.3) is 38.0 Å². The van der Waals surface area contributed by atoms with Gasteiger partial charge in [0.2, 0.25) is 5.69 Å². The Morgan fingerprint density at radius 1 is 1.15 bits per heavy atom. The Bertz CT molecular complexity index is 1440. The van der Waals surface area contributed by atoms with Gasteiger partial charge in [-0.05, 0) is 36.4 Å². The second-order valence-electron chi connectivity index (χ2n) is 7.08. The van der Waals surface area contributed by atoms with Crippen LogP contribution in [0, 0.1) is 20.4 Å². The van der Waals surface area contributed by atoms with E-state index in [9.17, 15) is 0 Å². The SMILES string of the molecule is [2H]c1c(C([2H])(C)C)c([2H])c(-c2c(C)ccc3c2oc2c(C)c([N+]#[C-])ccc23)[n+](C)c1[2H]. The van der Waals surface area contributed by atoms with Crippen molar-refractivity contribution in [3.05, 3.63) is 70.6 Å². The number of aryl methyl sites for hydroxylation is 2. The number of rotatable bonds is 2. The highest BCUT2D eigenvalue weighted by atomic mass is 16.3. The van der Waals surface area contributed by atoms with Crippen molar-refractivity contribution in [2.24, 2.45) is 7.05 Å². The van der Waals surface area contributed by atoms with Crippen LogP contribution >= 0.6 is 0 Å². The fourth-order valence-corrected chi connectivity index (χ4v) is 3.45. The Kier molecular flexibility index (Phi) is 3.03. The maximum Gasteiger partial charge on any atom is 0.216 e. The topological polar surface area (TPSA) is 21.4 Å². The van der Waals surface area contributed by atoms with Crippen LogP contribution in [0.3, 0.4) is 0 Å². The van der Waals surface area contributed by atoms with Crippen LogP contribution in [0.4, 0.5) is 5.69 Å². The molecule has 0 aliphatic rings. The summed E-state index contributed by atoms with van der Waals surface area (Å²) >= 11 is 0. The quantitative estimate of drug-likeness (QED) is 0.301. The van der Waals surface area contributed by atoms with Gasteiger partial charge >= 0.3 is 0 Å². The van der Waals surface area contributed by atoms with Gasteiger partial charge in [-0.1, -0.05) is 38.1 Å². The van der Waals surface area contributed by atoms with E-state index in [-0.39, 0.29) is 23.8 Å². The summed E-state index contributed by atoms with van der Waals surface area (Å²) in [5.74, 6) is -1.20. The minimum absolute atomic E-state index is 0.0538. The first kappa shape index (κ1) is 13.1. The lowest BCUT2D eigenvalue weighted by Crippen LogP contribution is -2.31. The van der Waals surface area contributed by atoms with Crippen LogP contribution in [-0.2, 0) is 7.05 Å². The molecular formula is C24H23N2O+. The summed E-state index contributed by atoms with van der Waals surface area (Å²) in [5, 5.41) is 1.75. The molecule has 27 heavy (non-hydrogen) atoms. The van der Waals surface area contributed by atoms with Crippen molar-refractivity contribution in [2.75, 3.05) is 0 Å². The average Bonchev–Trinajstić information content (AvgIpc) is 3.07. The van der Waals surface area contributed by atoms with E-state index in [1.54, 1.807) is 27.0 Å². The van der Waals surface area contributed by atoms with Crippen LogP contribution in [0.15, 0.2) is 46.9 Å². The van der Waals surface area contributed by atoms with Crippen molar-refractivity contribution >= 4 is 27.6 Å². The molecule has 2 aromatic carbocycles. The molecule has 3 heteroatoms. The number of hydrogen-bond acceptors (Lipinski definition) is 1. The Labute approximate surface area is 165 Å². The molecule has 0 unspecified atom stereocenters. The first-order chi connectivity index (χ1) is 14.5. The van der Waals surface area contributed by atoms with Crippen LogP contribution in [0.2, 0.25) is 0 Å². The number of benzene rings is 2. The molecule has 0 saturated heterocycles. The van der Waals surface area contributed by atoms with E-state index in [0.29, 0.717) is 28.1 Å². The number of aromatic nitrogens is 1. The summed E-state index contributed by atoms with van der Waals surface area (Å²) in [4.78, 5) is 3.57. The van der Waals surface area contributed by atoms with Gasteiger partial charge in [0, 0.05) is 24.2 Å². The number of hydrogen-bond donors (Lipinski definition) is 0. The van der Waals surface area contributed by atoms with E-state index >= 15 is 0 Å². The summed E-state index contributed by atoms with van der Waals surface area (Å²) < 4.78 is 42.0. The summed E-state index contributed by atoms with van der Waals surface area (Å²) in [6.07, 6.45) is -0.0553. The van der Waals surface area contributed by atoms with E-state index < -0.39 is 5.89 Å². The molecule has 0 saturated carbocycles. The second kappa shape index (κ2) is 6.25. The maximum absolute atomic E-state index is 8.91. The van der Waals surface area contributed by atoms with Crippen molar-refractivity contribution in [3.8, 4) is 11.3 Å². The highest BCUT2D eigenvalue weighted by Gasteiger charge is 2.22. The van der Waals surface area contributed by atoms with Gasteiger partial charge in [0.25, 0.3) is 0 Å². The van der Waals surface area contributed by atoms with Gasteiger partial charge in [-0.3, -0.25) is 0 Å². The monoisotopic (exact) mass is 359 g/mol. The average molecular weight is 359 g/mol. The standard InChI is InChI=1S/C24H23N2O/c1-14(2)17-11-12-26(6)21(13-17)22-15(3)7-8-19-18-9-10-20(25-5)16(4)23(18)27-24(19)22/h7-14H,1-4,6H3/q+1/i11D,12D,13D,14D. The zero-order valence-electron chi connectivity index (χ0n) is 20.1. The molecule has 0 fully saturated rings. The van der Waals surface area contributed by atoms with Crippen LogP contribution in [-0.4, -0.2) is 0 Å². The smallest absolute Gasteiger partial charge is 0.216 e. The van der Waals surface area contributed by atoms with Crippen molar-refractivity contribution in [1.29, 1.82) is 0 Å². The molecule has 0 radical (unpaired) electrons. The minimum Gasteiger partial charge on any atom is -0.456 e. The Balaban J connectivity index is 2.21. The lowest BCUT2D eigenvalue weighted by Gasteiger charge is -2.09. The Morgan fingerprint density at radius 3 is 2.56 bits per heavy atom. The predicted octanol–water partition coefficient (Wildman–Crippen LogP) is 6.37. The van der Waals surface area contributed by atoms with E-state index in [2.05, 4.69) is 4.85 Å². The molecule has 2 heterocycles. The molecule has 0 N–H and O–H groups in total. The van der Waals surface area contributed by atoms with Gasteiger partial charge in [-0.15, -0.1) is 0 Å². The van der Waals surface area contributed by atoms with Gasteiger partial charge in [0.05, 0.1) is 14.9 Å². The minimum atomic E-state index is -1.20. The third-order valence-electron chi connectivity index (χ3n) is 5.02. The van der Waals surface area contributed by atoms with Crippen LogP contribution < -0.4 is 4.57 Å². The van der Waals surface area contributed by atoms with Crippen molar-refractivity contribution in [2.45, 2.75) is 33.6 Å². The van der Waals surface area contributed by atoms with Crippen LogP contribution in [0.1, 0.15) is 41.9 Å². The fraction of sp³-hybridized carbons (Fsp3) is 0.250. The lowest BCUT2D eigenvalue weighted by molar-refractivity contribution is -0.660. The molecule has 0 bridgehead atoms. The molecule has 134 valence electrons. The molecule has 4 rings (SSSR count). The molecular weight excluding hydrogens is 332 g/mol. The first-order valence-corrected chi connectivity index (χ1v) is 8.82. The largest absolute Gasteiger partial charge is 0.456 e. The zero-order chi connectivity index (χ0) is 22.8. The van der Waals surface area contributed by atoms with E-state index in [1.165, 1.54) is 4.57 Å². The highest BCUT2D eigenvalue weighted by molar-refractivity contribution is 6.11. The van der Waals surface area contributed by atoms with E-state index in [0.717, 1.165) is 21.9 Å². The molecule has 4 aromatic rings. The fourth-order valence-electron chi connectivity index (χ4n) is 3.45.